The predicted molar refractivity (Wildman–Crippen MR) is 102 cm³/mol. The van der Waals surface area contributed by atoms with Crippen LogP contribution in [0.4, 0.5) is 15.9 Å². The van der Waals surface area contributed by atoms with Crippen molar-refractivity contribution < 1.29 is 9.50 Å². The smallest absolute Gasteiger partial charge is 0.217 e. The van der Waals surface area contributed by atoms with E-state index in [0.29, 0.717) is 24.5 Å². The molecule has 2 unspecified atom stereocenters. The van der Waals surface area contributed by atoms with Crippen LogP contribution in [0.2, 0.25) is 0 Å². The first kappa shape index (κ1) is 17.2. The van der Waals surface area contributed by atoms with Gasteiger partial charge in [0.2, 0.25) is 5.96 Å². The van der Waals surface area contributed by atoms with Crippen LogP contribution >= 0.6 is 0 Å². The zero-order valence-electron chi connectivity index (χ0n) is 14.6. The fraction of sp³-hybridized carbons (Fsp3) is 0.333. The standard InChI is InChI=1S/C18H20FN7O/c1-22-18(21)26-11-3-4-12(26)9-25(8-11)15-7-14(23-24-17(15)20)13-6-10(19)2-5-16(13)27/h2,5-7,11-12,21,27H,1,3-4,8-9H2,(H2,20,24). The summed E-state index contributed by atoms with van der Waals surface area (Å²) in [7, 11) is 0. The third kappa shape index (κ3) is 2.94. The molecule has 0 saturated carbocycles. The predicted octanol–water partition coefficient (Wildman–Crippen LogP) is 1.86. The molecule has 27 heavy (non-hydrogen) atoms. The molecule has 1 aromatic carbocycles. The molecule has 9 heteroatoms. The number of aromatic nitrogens is 2. The molecule has 8 nitrogen and oxygen atoms in total. The van der Waals surface area contributed by atoms with Crippen molar-refractivity contribution in [2.24, 2.45) is 4.99 Å². The van der Waals surface area contributed by atoms with E-state index >= 15 is 0 Å². The number of nitrogen functional groups attached to an aromatic ring is 1. The number of rotatable bonds is 2. The van der Waals surface area contributed by atoms with Crippen molar-refractivity contribution in [1.29, 1.82) is 5.41 Å². The summed E-state index contributed by atoms with van der Waals surface area (Å²) < 4.78 is 13.6. The van der Waals surface area contributed by atoms with E-state index in [-0.39, 0.29) is 35.2 Å². The van der Waals surface area contributed by atoms with Crippen molar-refractivity contribution in [3.05, 3.63) is 30.1 Å². The van der Waals surface area contributed by atoms with Crippen LogP contribution in [0.1, 0.15) is 12.8 Å². The van der Waals surface area contributed by atoms with Crippen LogP contribution in [0, 0.1) is 11.2 Å². The first-order chi connectivity index (χ1) is 13.0. The summed E-state index contributed by atoms with van der Waals surface area (Å²) in [5.41, 5.74) is 7.37. The maximum Gasteiger partial charge on any atom is 0.217 e. The molecule has 0 spiro atoms. The fourth-order valence-electron chi connectivity index (χ4n) is 4.02. The number of hydrogen-bond donors (Lipinski definition) is 3. The SMILES string of the molecule is C=NC(=N)N1C2CCC1CN(c1cc(-c3cc(F)ccc3O)nnc1N)C2. The Morgan fingerprint density at radius 3 is 2.63 bits per heavy atom. The molecule has 2 atom stereocenters. The van der Waals surface area contributed by atoms with Gasteiger partial charge in [-0.25, -0.2) is 9.38 Å². The number of anilines is 2. The molecule has 3 heterocycles. The molecule has 2 saturated heterocycles. The summed E-state index contributed by atoms with van der Waals surface area (Å²) in [4.78, 5) is 7.89. The lowest BCUT2D eigenvalue weighted by Gasteiger charge is -2.42. The summed E-state index contributed by atoms with van der Waals surface area (Å²) in [6, 6.07) is 5.72. The van der Waals surface area contributed by atoms with Gasteiger partial charge in [-0.2, -0.15) is 0 Å². The number of aliphatic imine (C=N–C) groups is 1. The van der Waals surface area contributed by atoms with Gasteiger partial charge in [-0.15, -0.1) is 10.2 Å². The topological polar surface area (TPSA) is 115 Å². The minimum absolute atomic E-state index is 0.0724. The second kappa shape index (κ2) is 6.49. The van der Waals surface area contributed by atoms with Crippen LogP contribution in [0.25, 0.3) is 11.3 Å². The second-order valence-electron chi connectivity index (χ2n) is 6.84. The molecule has 2 bridgehead atoms. The Labute approximate surface area is 155 Å². The van der Waals surface area contributed by atoms with E-state index < -0.39 is 5.82 Å². The number of nitrogens with zero attached hydrogens (tertiary/aromatic N) is 5. The van der Waals surface area contributed by atoms with Gasteiger partial charge < -0.3 is 20.6 Å². The number of nitrogens with two attached hydrogens (primary N) is 1. The molecule has 1 aromatic heterocycles. The average Bonchev–Trinajstić information content (AvgIpc) is 2.93. The molecule has 0 radical (unpaired) electrons. The summed E-state index contributed by atoms with van der Waals surface area (Å²) in [5.74, 6) is -0.0605. The van der Waals surface area contributed by atoms with Crippen molar-refractivity contribution >= 4 is 24.2 Å². The molecule has 0 amide bonds. The number of nitrogens with one attached hydrogen (secondary N) is 1. The van der Waals surface area contributed by atoms with Crippen molar-refractivity contribution in [2.45, 2.75) is 24.9 Å². The van der Waals surface area contributed by atoms with Gasteiger partial charge in [0.25, 0.3) is 0 Å². The van der Waals surface area contributed by atoms with Crippen LogP contribution in [0.15, 0.2) is 29.3 Å². The van der Waals surface area contributed by atoms with Gasteiger partial charge in [0, 0.05) is 30.7 Å². The van der Waals surface area contributed by atoms with Gasteiger partial charge in [-0.3, -0.25) is 5.41 Å². The molecule has 2 aliphatic rings. The van der Waals surface area contributed by atoms with Crippen molar-refractivity contribution in [3.8, 4) is 17.0 Å². The summed E-state index contributed by atoms with van der Waals surface area (Å²) in [6.45, 7) is 4.79. The van der Waals surface area contributed by atoms with Crippen LogP contribution in [-0.4, -0.2) is 58.1 Å². The van der Waals surface area contributed by atoms with Crippen molar-refractivity contribution in [3.63, 3.8) is 0 Å². The van der Waals surface area contributed by atoms with Gasteiger partial charge in [-0.05, 0) is 43.8 Å². The first-order valence-corrected chi connectivity index (χ1v) is 8.68. The van der Waals surface area contributed by atoms with E-state index in [0.717, 1.165) is 12.8 Å². The summed E-state index contributed by atoms with van der Waals surface area (Å²) in [6.07, 6.45) is 1.93. The maximum absolute atomic E-state index is 13.6. The van der Waals surface area contributed by atoms with E-state index in [1.54, 1.807) is 6.07 Å². The highest BCUT2D eigenvalue weighted by molar-refractivity contribution is 5.83. The number of phenols is 1. The van der Waals surface area contributed by atoms with Crippen molar-refractivity contribution in [2.75, 3.05) is 23.7 Å². The second-order valence-corrected chi connectivity index (χ2v) is 6.84. The molecular formula is C18H20FN7O. The fourth-order valence-corrected chi connectivity index (χ4v) is 4.02. The number of hydrogen-bond acceptors (Lipinski definition) is 6. The number of piperazine rings is 1. The number of phenolic OH excluding ortho intramolecular Hbond substituents is 1. The van der Waals surface area contributed by atoms with Gasteiger partial charge in [0.05, 0.1) is 11.4 Å². The van der Waals surface area contributed by atoms with E-state index in [9.17, 15) is 9.50 Å². The molecule has 4 N–H and O–H groups in total. The average molecular weight is 369 g/mol. The minimum Gasteiger partial charge on any atom is -0.507 e. The number of benzene rings is 1. The minimum atomic E-state index is -0.468. The highest BCUT2D eigenvalue weighted by Crippen LogP contribution is 2.36. The van der Waals surface area contributed by atoms with Crippen LogP contribution in [0.5, 0.6) is 5.75 Å². The zero-order valence-corrected chi connectivity index (χ0v) is 14.6. The lowest BCUT2D eigenvalue weighted by molar-refractivity contribution is 0.272. The number of halogens is 1. The molecule has 2 aliphatic heterocycles. The van der Waals surface area contributed by atoms with Crippen LogP contribution < -0.4 is 10.6 Å². The van der Waals surface area contributed by atoms with Crippen molar-refractivity contribution in [1.82, 2.24) is 15.1 Å². The number of guanidine groups is 1. The largest absolute Gasteiger partial charge is 0.507 e. The molecule has 2 aromatic rings. The molecule has 2 fully saturated rings. The summed E-state index contributed by atoms with van der Waals surface area (Å²) in [5, 5.41) is 26.1. The molecule has 0 aliphatic carbocycles. The normalized spacial score (nSPS) is 21.4. The zero-order chi connectivity index (χ0) is 19.1. The highest BCUT2D eigenvalue weighted by atomic mass is 19.1. The van der Waals surface area contributed by atoms with Crippen LogP contribution in [-0.2, 0) is 0 Å². The van der Waals surface area contributed by atoms with Gasteiger partial charge in [0.15, 0.2) is 5.82 Å². The Hall–Kier alpha value is -3.23. The third-order valence-corrected chi connectivity index (χ3v) is 5.25. The van der Waals surface area contributed by atoms with Gasteiger partial charge in [0.1, 0.15) is 11.6 Å². The quantitative estimate of drug-likeness (QED) is 0.550. The lowest BCUT2D eigenvalue weighted by atomic mass is 10.1. The number of fused-ring (bicyclic) bond motifs is 2. The van der Waals surface area contributed by atoms with Crippen LogP contribution in [0.3, 0.4) is 0 Å². The maximum atomic E-state index is 13.6. The first-order valence-electron chi connectivity index (χ1n) is 8.68. The Morgan fingerprint density at radius 2 is 1.96 bits per heavy atom. The summed E-state index contributed by atoms with van der Waals surface area (Å²) >= 11 is 0. The molecule has 140 valence electrons. The third-order valence-electron chi connectivity index (χ3n) is 5.25. The Morgan fingerprint density at radius 1 is 1.26 bits per heavy atom. The Balaban J connectivity index is 1.66. The lowest BCUT2D eigenvalue weighted by Crippen LogP contribution is -2.55. The van der Waals surface area contributed by atoms with E-state index in [4.69, 9.17) is 11.1 Å². The monoisotopic (exact) mass is 369 g/mol. The highest BCUT2D eigenvalue weighted by Gasteiger charge is 2.41. The van der Waals surface area contributed by atoms with Gasteiger partial charge in [-0.1, -0.05) is 0 Å². The number of aromatic hydroxyl groups is 1. The van der Waals surface area contributed by atoms with E-state index in [1.165, 1.54) is 18.2 Å². The molecular weight excluding hydrogens is 349 g/mol. The van der Waals surface area contributed by atoms with E-state index in [2.05, 4.69) is 26.8 Å². The van der Waals surface area contributed by atoms with E-state index in [1.807, 2.05) is 4.90 Å². The Bertz CT molecular complexity index is 905. The Kier molecular flexibility index (Phi) is 4.14. The van der Waals surface area contributed by atoms with Gasteiger partial charge >= 0.3 is 0 Å². The molecule has 4 rings (SSSR count).